The van der Waals surface area contributed by atoms with Crippen molar-refractivity contribution in [1.29, 1.82) is 0 Å². The van der Waals surface area contributed by atoms with E-state index in [9.17, 15) is 9.59 Å². The molecular weight excluding hydrogens is 446 g/mol. The Morgan fingerprint density at radius 2 is 1.97 bits per heavy atom. The van der Waals surface area contributed by atoms with Crippen LogP contribution in [0.2, 0.25) is 5.02 Å². The normalized spacial score (nSPS) is 15.2. The van der Waals surface area contributed by atoms with Crippen LogP contribution in [0.25, 0.3) is 0 Å². The number of amides is 1. The lowest BCUT2D eigenvalue weighted by Gasteiger charge is -2.20. The summed E-state index contributed by atoms with van der Waals surface area (Å²) in [6.07, 6.45) is 2.09. The minimum Gasteiger partial charge on any atom is -0.497 e. The van der Waals surface area contributed by atoms with E-state index in [1.54, 1.807) is 37.6 Å². The molecule has 2 heterocycles. The molecule has 0 radical (unpaired) electrons. The van der Waals surface area contributed by atoms with Crippen LogP contribution in [0.4, 0.5) is 5.69 Å². The molecule has 9 heteroatoms. The van der Waals surface area contributed by atoms with Gasteiger partial charge in [-0.1, -0.05) is 11.6 Å². The van der Waals surface area contributed by atoms with E-state index in [4.69, 9.17) is 25.5 Å². The van der Waals surface area contributed by atoms with E-state index in [0.29, 0.717) is 17.9 Å². The Kier molecular flexibility index (Phi) is 6.65. The van der Waals surface area contributed by atoms with Crippen molar-refractivity contribution in [2.45, 2.75) is 12.5 Å². The van der Waals surface area contributed by atoms with Crippen LogP contribution in [0.3, 0.4) is 0 Å². The fourth-order valence-corrected chi connectivity index (χ4v) is 3.76. The van der Waals surface area contributed by atoms with Gasteiger partial charge >= 0.3 is 5.97 Å². The summed E-state index contributed by atoms with van der Waals surface area (Å²) in [4.78, 5) is 25.0. The van der Waals surface area contributed by atoms with E-state index in [-0.39, 0.29) is 29.1 Å². The second-order valence-corrected chi connectivity index (χ2v) is 7.70. The Morgan fingerprint density at radius 1 is 1.18 bits per heavy atom. The van der Waals surface area contributed by atoms with Gasteiger partial charge in [0.25, 0.3) is 5.91 Å². The van der Waals surface area contributed by atoms with Crippen LogP contribution < -0.4 is 10.1 Å². The number of benzene rings is 2. The van der Waals surface area contributed by atoms with Crippen molar-refractivity contribution in [3.05, 3.63) is 82.8 Å². The second kappa shape index (κ2) is 9.79. The third kappa shape index (κ3) is 4.85. The molecule has 1 amide bonds. The first-order valence-corrected chi connectivity index (χ1v) is 10.6. The number of hydrogen-bond acceptors (Lipinski definition) is 7. The molecule has 1 aromatic heterocycles. The lowest BCUT2D eigenvalue weighted by molar-refractivity contribution is -0.131. The molecule has 1 unspecified atom stereocenters. The van der Waals surface area contributed by atoms with Crippen molar-refractivity contribution in [3.8, 4) is 5.75 Å². The molecular formula is C24H22ClN3O5. The monoisotopic (exact) mass is 467 g/mol. The number of furan rings is 1. The van der Waals surface area contributed by atoms with Gasteiger partial charge in [-0.05, 0) is 60.2 Å². The van der Waals surface area contributed by atoms with E-state index < -0.39 is 5.97 Å². The summed E-state index contributed by atoms with van der Waals surface area (Å²) in [5.74, 6) is 0.581. The first-order valence-electron chi connectivity index (χ1n) is 10.2. The molecule has 8 nitrogen and oxygen atoms in total. The van der Waals surface area contributed by atoms with E-state index in [1.807, 2.05) is 30.3 Å². The van der Waals surface area contributed by atoms with Crippen LogP contribution in [0, 0.1) is 0 Å². The third-order valence-corrected chi connectivity index (χ3v) is 5.61. The Bertz CT molecular complexity index is 1180. The number of hydrazone groups is 1. The largest absolute Gasteiger partial charge is 0.497 e. The first kappa shape index (κ1) is 22.4. The molecule has 0 aliphatic carbocycles. The molecule has 1 aliphatic heterocycles. The summed E-state index contributed by atoms with van der Waals surface area (Å²) >= 11 is 6.07. The van der Waals surface area contributed by atoms with E-state index in [1.165, 1.54) is 12.1 Å². The number of rotatable bonds is 7. The van der Waals surface area contributed by atoms with Crippen molar-refractivity contribution >= 4 is 34.9 Å². The Labute approximate surface area is 195 Å². The van der Waals surface area contributed by atoms with Gasteiger partial charge in [0, 0.05) is 12.1 Å². The summed E-state index contributed by atoms with van der Waals surface area (Å²) in [5, 5.41) is 9.33. The molecule has 3 aromatic rings. The van der Waals surface area contributed by atoms with Gasteiger partial charge in [0.1, 0.15) is 17.6 Å². The predicted molar refractivity (Wildman–Crippen MR) is 124 cm³/mol. The van der Waals surface area contributed by atoms with Gasteiger partial charge in [0.15, 0.2) is 0 Å². The summed E-state index contributed by atoms with van der Waals surface area (Å²) < 4.78 is 15.5. The highest BCUT2D eigenvalue weighted by Crippen LogP contribution is 2.33. The van der Waals surface area contributed by atoms with Crippen LogP contribution in [0.1, 0.15) is 34.1 Å². The van der Waals surface area contributed by atoms with Gasteiger partial charge in [0.2, 0.25) is 0 Å². The summed E-state index contributed by atoms with van der Waals surface area (Å²) in [7, 11) is 2.89. The van der Waals surface area contributed by atoms with Crippen molar-refractivity contribution in [2.24, 2.45) is 5.10 Å². The molecule has 170 valence electrons. The van der Waals surface area contributed by atoms with Gasteiger partial charge in [-0.15, -0.1) is 0 Å². The molecule has 0 saturated heterocycles. The maximum absolute atomic E-state index is 13.1. The number of carbonyl (C=O) groups excluding carboxylic acids is 2. The van der Waals surface area contributed by atoms with Gasteiger partial charge in [-0.3, -0.25) is 4.79 Å². The van der Waals surface area contributed by atoms with Gasteiger partial charge in [-0.2, -0.15) is 5.10 Å². The molecule has 1 N–H and O–H groups in total. The number of hydrogen-bond donors (Lipinski definition) is 1. The zero-order valence-electron chi connectivity index (χ0n) is 18.1. The van der Waals surface area contributed by atoms with Gasteiger partial charge in [-0.25, -0.2) is 9.80 Å². The Balaban J connectivity index is 1.53. The fraction of sp³-hybridized carbons (Fsp3) is 0.208. The molecule has 0 bridgehead atoms. The van der Waals surface area contributed by atoms with Crippen LogP contribution >= 0.6 is 11.6 Å². The summed E-state index contributed by atoms with van der Waals surface area (Å²) in [6.45, 7) is -0.0428. The number of halogens is 1. The summed E-state index contributed by atoms with van der Waals surface area (Å²) in [6, 6.07) is 15.6. The van der Waals surface area contributed by atoms with E-state index >= 15 is 0 Å². The second-order valence-electron chi connectivity index (χ2n) is 7.29. The average Bonchev–Trinajstić information content (AvgIpc) is 3.53. The van der Waals surface area contributed by atoms with Crippen LogP contribution in [-0.2, 0) is 9.53 Å². The van der Waals surface area contributed by atoms with Gasteiger partial charge in [0.05, 0.1) is 43.3 Å². The molecule has 0 fully saturated rings. The third-order valence-electron chi connectivity index (χ3n) is 5.28. The fourth-order valence-electron chi connectivity index (χ4n) is 3.56. The quantitative estimate of drug-likeness (QED) is 0.513. The topological polar surface area (TPSA) is 93.4 Å². The lowest BCUT2D eigenvalue weighted by atomic mass is 10.0. The maximum atomic E-state index is 13.1. The highest BCUT2D eigenvalue weighted by atomic mass is 35.5. The molecule has 1 aliphatic rings. The molecule has 33 heavy (non-hydrogen) atoms. The summed E-state index contributed by atoms with van der Waals surface area (Å²) in [5.41, 5.74) is 2.44. The number of carbonyl (C=O) groups is 2. The molecule has 2 aromatic carbocycles. The average molecular weight is 468 g/mol. The number of nitrogens with zero attached hydrogens (tertiary/aromatic N) is 2. The highest BCUT2D eigenvalue weighted by Gasteiger charge is 2.34. The SMILES string of the molecule is COC(=O)c1cc(NCC(=O)N2N=C(c3ccc(OC)cc3)CC2c2ccco2)ccc1Cl. The standard InChI is InChI=1S/C24H22ClN3O5/c1-31-17-8-5-15(6-9-17)20-13-21(22-4-3-11-33-22)28(27-20)23(29)14-26-16-7-10-19(25)18(12-16)24(30)32-2/h3-12,21,26H,13-14H2,1-2H3. The molecule has 0 spiro atoms. The molecule has 0 saturated carbocycles. The number of esters is 1. The lowest BCUT2D eigenvalue weighted by Crippen LogP contribution is -2.32. The first-order chi connectivity index (χ1) is 16.0. The van der Waals surface area contributed by atoms with Crippen molar-refractivity contribution < 1.29 is 23.5 Å². The Hall–Kier alpha value is -3.78. The van der Waals surface area contributed by atoms with E-state index in [0.717, 1.165) is 17.0 Å². The minimum atomic E-state index is -0.555. The van der Waals surface area contributed by atoms with Crippen molar-refractivity contribution in [1.82, 2.24) is 5.01 Å². The number of ether oxygens (including phenoxy) is 2. The predicted octanol–water partition coefficient (Wildman–Crippen LogP) is 4.52. The van der Waals surface area contributed by atoms with Gasteiger partial charge < -0.3 is 19.2 Å². The number of nitrogens with one attached hydrogen (secondary N) is 1. The van der Waals surface area contributed by atoms with Crippen molar-refractivity contribution in [3.63, 3.8) is 0 Å². The molecule has 4 rings (SSSR count). The van der Waals surface area contributed by atoms with Crippen LogP contribution in [-0.4, -0.2) is 43.4 Å². The number of methoxy groups -OCH3 is 2. The van der Waals surface area contributed by atoms with Crippen LogP contribution in [0.15, 0.2) is 70.4 Å². The van der Waals surface area contributed by atoms with Crippen molar-refractivity contribution in [2.75, 3.05) is 26.1 Å². The highest BCUT2D eigenvalue weighted by molar-refractivity contribution is 6.33. The smallest absolute Gasteiger partial charge is 0.339 e. The Morgan fingerprint density at radius 3 is 2.64 bits per heavy atom. The van der Waals surface area contributed by atoms with E-state index in [2.05, 4.69) is 10.4 Å². The zero-order valence-corrected chi connectivity index (χ0v) is 18.8. The van der Waals surface area contributed by atoms with Crippen LogP contribution in [0.5, 0.6) is 5.75 Å². The minimum absolute atomic E-state index is 0.0428. The zero-order chi connectivity index (χ0) is 23.4. The molecule has 1 atom stereocenters. The number of anilines is 1. The maximum Gasteiger partial charge on any atom is 0.339 e.